The highest BCUT2D eigenvalue weighted by molar-refractivity contribution is 7.56. The molecule has 1 unspecified atom stereocenters. The summed E-state index contributed by atoms with van der Waals surface area (Å²) in [6.07, 6.45) is -0.837. The Morgan fingerprint density at radius 2 is 2.00 bits per heavy atom. The van der Waals surface area contributed by atoms with Crippen molar-refractivity contribution in [2.24, 2.45) is 0 Å². The average Bonchev–Trinajstić information content (AvgIpc) is 2.18. The number of aliphatic hydroxyl groups is 1. The predicted molar refractivity (Wildman–Crippen MR) is 46.8 cm³/mol. The number of quaternary nitrogens is 1. The molecule has 2 atom stereocenters. The summed E-state index contributed by atoms with van der Waals surface area (Å²) in [5.74, 6) is -0.862. The molecule has 0 saturated heterocycles. The molecule has 4 nitrogen and oxygen atoms in total. The molecule has 5 heteroatoms. The van der Waals surface area contributed by atoms with Gasteiger partial charge in [0.2, 0.25) is 0 Å². The maximum atomic E-state index is 11.2. The van der Waals surface area contributed by atoms with Crippen LogP contribution in [0.3, 0.4) is 0 Å². The van der Waals surface area contributed by atoms with Crippen LogP contribution in [0.15, 0.2) is 30.3 Å². The maximum absolute atomic E-state index is 11.2. The third-order valence-electron chi connectivity index (χ3n) is 1.86. The topological polar surface area (TPSA) is 88.0 Å². The molecule has 0 bridgehead atoms. The molecule has 0 radical (unpaired) electrons. The average molecular weight is 201 g/mol. The molecular weight excluding hydrogens is 189 g/mol. The second-order valence-electron chi connectivity index (χ2n) is 2.79. The van der Waals surface area contributed by atoms with Gasteiger partial charge in [0.05, 0.1) is 6.35 Å². The molecule has 1 aromatic carbocycles. The van der Waals surface area contributed by atoms with E-state index in [1.54, 1.807) is 30.3 Å². The molecule has 1 aromatic rings. The van der Waals surface area contributed by atoms with Gasteiger partial charge in [-0.1, -0.05) is 30.3 Å². The van der Waals surface area contributed by atoms with E-state index in [1.165, 1.54) is 0 Å². The predicted octanol–water partition coefficient (Wildman–Crippen LogP) is -0.485. The number of hydrogen-bond donors (Lipinski definition) is 2. The summed E-state index contributed by atoms with van der Waals surface area (Å²) in [6, 6.07) is 8.64. The lowest BCUT2D eigenvalue weighted by Crippen LogP contribution is -2.55. The minimum Gasteiger partial charge on any atom is -0.793 e. The summed E-state index contributed by atoms with van der Waals surface area (Å²) in [4.78, 5) is 11.2. The molecule has 0 aliphatic heterocycles. The van der Waals surface area contributed by atoms with Gasteiger partial charge in [-0.15, -0.1) is 0 Å². The Bertz CT molecular complexity index is 314. The van der Waals surface area contributed by atoms with E-state index in [4.69, 9.17) is 5.11 Å². The van der Waals surface area contributed by atoms with Crippen LogP contribution in [0.2, 0.25) is 0 Å². The van der Waals surface area contributed by atoms with Gasteiger partial charge >= 0.3 is 0 Å². The van der Waals surface area contributed by atoms with Crippen molar-refractivity contribution in [2.45, 2.75) is 5.78 Å². The largest absolute Gasteiger partial charge is 0.793 e. The zero-order valence-corrected chi connectivity index (χ0v) is 7.98. The van der Waals surface area contributed by atoms with Crippen molar-refractivity contribution >= 4 is 7.37 Å². The second kappa shape index (κ2) is 4.03. The molecule has 0 amide bonds. The van der Waals surface area contributed by atoms with Crippen molar-refractivity contribution in [3.63, 3.8) is 0 Å². The Labute approximate surface area is 76.5 Å². The fraction of sp³-hybridized carbons (Fsp3) is 0.250. The number of hydrogen-bond acceptors (Lipinski definition) is 3. The quantitative estimate of drug-likeness (QED) is 0.647. The van der Waals surface area contributed by atoms with Crippen LogP contribution < -0.4 is 10.6 Å². The summed E-state index contributed by atoms with van der Waals surface area (Å²) < 4.78 is 11.2. The van der Waals surface area contributed by atoms with E-state index in [1.807, 2.05) is 0 Å². The van der Waals surface area contributed by atoms with Crippen LogP contribution in [0.5, 0.6) is 0 Å². The summed E-state index contributed by atoms with van der Waals surface area (Å²) in [5.41, 5.74) is 4.12. The Balaban J connectivity index is 2.92. The van der Waals surface area contributed by atoms with Gasteiger partial charge in [-0.05, 0) is 0 Å². The zero-order valence-electron chi connectivity index (χ0n) is 7.09. The van der Waals surface area contributed by atoms with Crippen molar-refractivity contribution < 1.29 is 20.3 Å². The number of aliphatic hydroxyl groups excluding tert-OH is 1. The van der Waals surface area contributed by atoms with Crippen molar-refractivity contribution in [3.05, 3.63) is 35.9 Å². The Kier molecular flexibility index (Phi) is 3.22. The van der Waals surface area contributed by atoms with Gasteiger partial charge in [-0.25, -0.2) is 0 Å². The first kappa shape index (κ1) is 10.4. The lowest BCUT2D eigenvalue weighted by atomic mass is 10.2. The van der Waals surface area contributed by atoms with Crippen molar-refractivity contribution in [2.75, 3.05) is 6.35 Å². The lowest BCUT2D eigenvalue weighted by Gasteiger charge is -2.24. The summed E-state index contributed by atoms with van der Waals surface area (Å²) in [6.45, 7) is 0. The molecule has 1 rings (SSSR count). The van der Waals surface area contributed by atoms with Gasteiger partial charge in [0.1, 0.15) is 7.37 Å². The fourth-order valence-electron chi connectivity index (χ4n) is 1.00. The van der Waals surface area contributed by atoms with Crippen LogP contribution in [0, 0.1) is 0 Å². The fourth-order valence-corrected chi connectivity index (χ4v) is 1.82. The SMILES string of the molecule is [NH3+][C@@H](c1ccccc1)P(=O)([O-])CO. The summed E-state index contributed by atoms with van der Waals surface area (Å²) in [7, 11) is -3.79. The molecular formula is C8H12NO3P. The van der Waals surface area contributed by atoms with Crippen LogP contribution in [-0.2, 0) is 4.57 Å². The smallest absolute Gasteiger partial charge is 0.151 e. The van der Waals surface area contributed by atoms with Crippen LogP contribution in [0.25, 0.3) is 0 Å². The molecule has 72 valence electrons. The highest BCUT2D eigenvalue weighted by Crippen LogP contribution is 2.45. The third-order valence-corrected chi connectivity index (χ3v) is 3.50. The van der Waals surface area contributed by atoms with E-state index in [0.29, 0.717) is 5.56 Å². The molecule has 0 saturated carbocycles. The minimum absolute atomic E-state index is 0.606. The van der Waals surface area contributed by atoms with Crippen LogP contribution >= 0.6 is 7.37 Å². The van der Waals surface area contributed by atoms with Crippen LogP contribution in [-0.4, -0.2) is 11.5 Å². The van der Waals surface area contributed by atoms with Crippen LogP contribution in [0.1, 0.15) is 11.3 Å². The first-order chi connectivity index (χ1) is 6.08. The Hall–Kier alpha value is -0.670. The first-order valence-electron chi connectivity index (χ1n) is 3.86. The molecule has 0 aromatic heterocycles. The molecule has 0 heterocycles. The summed E-state index contributed by atoms with van der Waals surface area (Å²) in [5, 5.41) is 8.61. The zero-order chi connectivity index (χ0) is 9.90. The molecule has 0 fully saturated rings. The first-order valence-corrected chi connectivity index (χ1v) is 5.74. The van der Waals surface area contributed by atoms with E-state index >= 15 is 0 Å². The van der Waals surface area contributed by atoms with E-state index in [0.717, 1.165) is 0 Å². The Morgan fingerprint density at radius 1 is 1.46 bits per heavy atom. The van der Waals surface area contributed by atoms with Crippen molar-refractivity contribution in [1.82, 2.24) is 0 Å². The lowest BCUT2D eigenvalue weighted by molar-refractivity contribution is -0.407. The second-order valence-corrected chi connectivity index (χ2v) is 5.15. The maximum Gasteiger partial charge on any atom is 0.151 e. The number of benzene rings is 1. The summed E-state index contributed by atoms with van der Waals surface area (Å²) >= 11 is 0. The molecule has 0 aliphatic rings. The van der Waals surface area contributed by atoms with Gasteiger partial charge in [-0.3, -0.25) is 0 Å². The van der Waals surface area contributed by atoms with Gasteiger partial charge in [0, 0.05) is 5.56 Å². The van der Waals surface area contributed by atoms with Gasteiger partial charge in [0.15, 0.2) is 5.78 Å². The van der Waals surface area contributed by atoms with Gasteiger partial charge in [-0.2, -0.15) is 0 Å². The molecule has 4 N–H and O–H groups in total. The van der Waals surface area contributed by atoms with E-state index < -0.39 is 19.5 Å². The normalized spacial score (nSPS) is 17.8. The van der Waals surface area contributed by atoms with E-state index in [-0.39, 0.29) is 0 Å². The molecule has 13 heavy (non-hydrogen) atoms. The van der Waals surface area contributed by atoms with Crippen LogP contribution in [0.4, 0.5) is 0 Å². The Morgan fingerprint density at radius 3 is 2.46 bits per heavy atom. The van der Waals surface area contributed by atoms with Gasteiger partial charge in [0.25, 0.3) is 0 Å². The number of rotatable bonds is 3. The minimum atomic E-state index is -3.79. The highest BCUT2D eigenvalue weighted by atomic mass is 31.2. The highest BCUT2D eigenvalue weighted by Gasteiger charge is 2.22. The van der Waals surface area contributed by atoms with E-state index in [9.17, 15) is 9.46 Å². The van der Waals surface area contributed by atoms with Crippen molar-refractivity contribution in [1.29, 1.82) is 0 Å². The van der Waals surface area contributed by atoms with Crippen molar-refractivity contribution in [3.8, 4) is 0 Å². The monoisotopic (exact) mass is 201 g/mol. The van der Waals surface area contributed by atoms with Gasteiger partial charge < -0.3 is 20.3 Å². The van der Waals surface area contributed by atoms with E-state index in [2.05, 4.69) is 5.73 Å². The third kappa shape index (κ3) is 2.39. The standard InChI is InChI=1S/C8H12NO3P/c9-8(13(11,12)6-10)7-4-2-1-3-5-7/h1-5,8,10H,6,9H2,(H,11,12)/t8-/m1/s1. The molecule has 0 spiro atoms. The molecule has 0 aliphatic carbocycles.